The number of rotatable bonds is 5. The van der Waals surface area contributed by atoms with Crippen molar-refractivity contribution < 1.29 is 0 Å². The van der Waals surface area contributed by atoms with Crippen molar-refractivity contribution in [2.24, 2.45) is 12.0 Å². The summed E-state index contributed by atoms with van der Waals surface area (Å²) in [5, 5.41) is 17.6. The smallest absolute Gasteiger partial charge is 0.192 e. The number of hydrogen-bond acceptors (Lipinski definition) is 4. The van der Waals surface area contributed by atoms with E-state index in [2.05, 4.69) is 39.2 Å². The number of hydrogen-bond donors (Lipinski definition) is 2. The van der Waals surface area contributed by atoms with Gasteiger partial charge in [0.25, 0.3) is 0 Å². The van der Waals surface area contributed by atoms with E-state index >= 15 is 0 Å². The Morgan fingerprint density at radius 2 is 2.08 bits per heavy atom. The Morgan fingerprint density at radius 3 is 2.72 bits per heavy atom. The Morgan fingerprint density at radius 1 is 1.28 bits per heavy atom. The second kappa shape index (κ2) is 8.47. The van der Waals surface area contributed by atoms with Crippen LogP contribution in [0.3, 0.4) is 0 Å². The SMILES string of the molecule is Cc1ccsc1CNC(=NCc1nnc(C)n1C)NC1CCCCC1. The van der Waals surface area contributed by atoms with Crippen LogP contribution in [0.5, 0.6) is 0 Å². The van der Waals surface area contributed by atoms with Gasteiger partial charge in [0.15, 0.2) is 11.8 Å². The molecule has 0 aromatic carbocycles. The molecule has 136 valence electrons. The lowest BCUT2D eigenvalue weighted by molar-refractivity contribution is 0.409. The second-order valence-electron chi connectivity index (χ2n) is 6.75. The lowest BCUT2D eigenvalue weighted by atomic mass is 9.96. The molecule has 1 fully saturated rings. The monoisotopic (exact) mass is 360 g/mol. The Hall–Kier alpha value is -1.89. The summed E-state index contributed by atoms with van der Waals surface area (Å²) in [6, 6.07) is 2.68. The molecule has 0 radical (unpaired) electrons. The first-order chi connectivity index (χ1) is 12.1. The van der Waals surface area contributed by atoms with Crippen molar-refractivity contribution in [3.8, 4) is 0 Å². The quantitative estimate of drug-likeness (QED) is 0.635. The zero-order valence-corrected chi connectivity index (χ0v) is 16.2. The largest absolute Gasteiger partial charge is 0.354 e. The highest BCUT2D eigenvalue weighted by Gasteiger charge is 2.15. The van der Waals surface area contributed by atoms with Crippen LogP contribution in [0.25, 0.3) is 0 Å². The van der Waals surface area contributed by atoms with Crippen LogP contribution in [0.4, 0.5) is 0 Å². The van der Waals surface area contributed by atoms with Gasteiger partial charge in [-0.2, -0.15) is 0 Å². The molecule has 6 nitrogen and oxygen atoms in total. The van der Waals surface area contributed by atoms with Crippen molar-refractivity contribution in [3.63, 3.8) is 0 Å². The van der Waals surface area contributed by atoms with Crippen LogP contribution < -0.4 is 10.6 Å². The molecular formula is C18H28N6S. The summed E-state index contributed by atoms with van der Waals surface area (Å²) >= 11 is 1.79. The van der Waals surface area contributed by atoms with Crippen LogP contribution in [0.1, 0.15) is 54.2 Å². The van der Waals surface area contributed by atoms with Gasteiger partial charge in [0.05, 0.1) is 6.54 Å². The first-order valence-electron chi connectivity index (χ1n) is 9.06. The van der Waals surface area contributed by atoms with Crippen molar-refractivity contribution in [3.05, 3.63) is 33.5 Å². The molecule has 1 aliphatic carbocycles. The highest BCUT2D eigenvalue weighted by molar-refractivity contribution is 7.10. The van der Waals surface area contributed by atoms with Gasteiger partial charge < -0.3 is 15.2 Å². The number of aliphatic imine (C=N–C) groups is 1. The first-order valence-corrected chi connectivity index (χ1v) is 9.94. The van der Waals surface area contributed by atoms with Gasteiger partial charge in [-0.15, -0.1) is 21.5 Å². The van der Waals surface area contributed by atoms with E-state index in [9.17, 15) is 0 Å². The Bertz CT molecular complexity index is 711. The van der Waals surface area contributed by atoms with Crippen molar-refractivity contribution in [2.75, 3.05) is 0 Å². The third-order valence-corrected chi connectivity index (χ3v) is 5.91. The molecule has 2 aromatic heterocycles. The summed E-state index contributed by atoms with van der Waals surface area (Å²) in [5.41, 5.74) is 1.33. The Labute approximate surface area is 153 Å². The van der Waals surface area contributed by atoms with Crippen LogP contribution in [-0.2, 0) is 20.1 Å². The summed E-state index contributed by atoms with van der Waals surface area (Å²) in [5.74, 6) is 2.67. The van der Waals surface area contributed by atoms with Gasteiger partial charge in [0.2, 0.25) is 0 Å². The van der Waals surface area contributed by atoms with Crippen LogP contribution in [0.15, 0.2) is 16.4 Å². The molecule has 0 saturated heterocycles. The average Bonchev–Trinajstić information content (AvgIpc) is 3.17. The summed E-state index contributed by atoms with van der Waals surface area (Å²) < 4.78 is 1.99. The third kappa shape index (κ3) is 4.81. The summed E-state index contributed by atoms with van der Waals surface area (Å²) in [6.07, 6.45) is 6.41. The lowest BCUT2D eigenvalue weighted by Gasteiger charge is -2.25. The Kier molecular flexibility index (Phi) is 6.07. The molecule has 2 aromatic rings. The molecule has 0 unspecified atom stereocenters. The van der Waals surface area contributed by atoms with Gasteiger partial charge in [0, 0.05) is 18.0 Å². The van der Waals surface area contributed by atoms with Crippen LogP contribution in [-0.4, -0.2) is 26.8 Å². The number of aromatic nitrogens is 3. The molecule has 0 amide bonds. The number of nitrogens with one attached hydrogen (secondary N) is 2. The fraction of sp³-hybridized carbons (Fsp3) is 0.611. The number of nitrogens with zero attached hydrogens (tertiary/aromatic N) is 4. The fourth-order valence-corrected chi connectivity index (χ4v) is 3.93. The van der Waals surface area contributed by atoms with E-state index in [1.807, 2.05) is 18.5 Å². The standard InChI is InChI=1S/C18H28N6S/c1-13-9-10-25-16(13)11-19-18(21-15-7-5-4-6-8-15)20-12-17-23-22-14(2)24(17)3/h9-10,15H,4-8,11-12H2,1-3H3,(H2,19,20,21). The molecule has 2 heterocycles. The van der Waals surface area contributed by atoms with Gasteiger partial charge in [-0.25, -0.2) is 4.99 Å². The van der Waals surface area contributed by atoms with Crippen molar-refractivity contribution in [1.29, 1.82) is 0 Å². The van der Waals surface area contributed by atoms with Crippen LogP contribution >= 0.6 is 11.3 Å². The van der Waals surface area contributed by atoms with E-state index in [1.165, 1.54) is 42.5 Å². The highest BCUT2D eigenvalue weighted by atomic mass is 32.1. The minimum absolute atomic E-state index is 0.519. The van der Waals surface area contributed by atoms with Crippen molar-refractivity contribution >= 4 is 17.3 Å². The van der Waals surface area contributed by atoms with Gasteiger partial charge in [0.1, 0.15) is 12.4 Å². The molecule has 2 N–H and O–H groups in total. The second-order valence-corrected chi connectivity index (χ2v) is 7.75. The van der Waals surface area contributed by atoms with Gasteiger partial charge in [-0.1, -0.05) is 19.3 Å². The van der Waals surface area contributed by atoms with E-state index < -0.39 is 0 Å². The van der Waals surface area contributed by atoms with Gasteiger partial charge >= 0.3 is 0 Å². The van der Waals surface area contributed by atoms with Crippen LogP contribution in [0.2, 0.25) is 0 Å². The molecule has 0 atom stereocenters. The molecule has 25 heavy (non-hydrogen) atoms. The highest BCUT2D eigenvalue weighted by Crippen LogP contribution is 2.18. The maximum atomic E-state index is 4.77. The topological polar surface area (TPSA) is 67.1 Å². The summed E-state index contributed by atoms with van der Waals surface area (Å²) in [6.45, 7) is 5.45. The molecule has 0 spiro atoms. The summed E-state index contributed by atoms with van der Waals surface area (Å²) in [4.78, 5) is 6.12. The number of aryl methyl sites for hydroxylation is 2. The van der Waals surface area contributed by atoms with E-state index in [1.54, 1.807) is 11.3 Å². The zero-order chi connectivity index (χ0) is 17.6. The maximum absolute atomic E-state index is 4.77. The number of thiophene rings is 1. The molecular weight excluding hydrogens is 332 g/mol. The normalized spacial score (nSPS) is 16.2. The lowest BCUT2D eigenvalue weighted by Crippen LogP contribution is -2.44. The Balaban J connectivity index is 1.67. The minimum atomic E-state index is 0.519. The first kappa shape index (κ1) is 17.9. The van der Waals surface area contributed by atoms with Crippen molar-refractivity contribution in [2.45, 2.75) is 65.1 Å². The van der Waals surface area contributed by atoms with Crippen LogP contribution in [0, 0.1) is 13.8 Å². The maximum Gasteiger partial charge on any atom is 0.192 e. The predicted molar refractivity (Wildman–Crippen MR) is 103 cm³/mol. The molecule has 3 rings (SSSR count). The van der Waals surface area contributed by atoms with Gasteiger partial charge in [-0.05, 0) is 43.7 Å². The van der Waals surface area contributed by atoms with E-state index in [0.29, 0.717) is 12.6 Å². The minimum Gasteiger partial charge on any atom is -0.354 e. The molecule has 0 bridgehead atoms. The molecule has 0 aliphatic heterocycles. The fourth-order valence-electron chi connectivity index (χ4n) is 3.08. The number of guanidine groups is 1. The van der Waals surface area contributed by atoms with E-state index in [4.69, 9.17) is 4.99 Å². The zero-order valence-electron chi connectivity index (χ0n) is 15.4. The van der Waals surface area contributed by atoms with E-state index in [-0.39, 0.29) is 0 Å². The molecule has 1 saturated carbocycles. The van der Waals surface area contributed by atoms with Crippen molar-refractivity contribution in [1.82, 2.24) is 25.4 Å². The predicted octanol–water partition coefficient (Wildman–Crippen LogP) is 3.06. The average molecular weight is 361 g/mol. The summed E-state index contributed by atoms with van der Waals surface area (Å²) in [7, 11) is 1.98. The third-order valence-electron chi connectivity index (χ3n) is 4.89. The molecule has 1 aliphatic rings. The van der Waals surface area contributed by atoms with Gasteiger partial charge in [-0.3, -0.25) is 0 Å². The van der Waals surface area contributed by atoms with E-state index in [0.717, 1.165) is 24.2 Å². The molecule has 7 heteroatoms.